The molecule has 0 aliphatic carbocycles. The minimum absolute atomic E-state index is 0.290. The zero-order valence-corrected chi connectivity index (χ0v) is 12.2. The van der Waals surface area contributed by atoms with Gasteiger partial charge in [0.15, 0.2) is 0 Å². The molecule has 0 atom stereocenters. The Hall–Kier alpha value is -1.14. The molecule has 0 spiro atoms. The summed E-state index contributed by atoms with van der Waals surface area (Å²) in [5.74, 6) is 0. The molecule has 0 unspecified atom stereocenters. The Labute approximate surface area is 112 Å². The molecule has 0 fully saturated rings. The number of amides is 1. The molecule has 18 heavy (non-hydrogen) atoms. The zero-order chi connectivity index (χ0) is 13.6. The number of aromatic nitrogens is 1. The van der Waals surface area contributed by atoms with Crippen LogP contribution in [0.5, 0.6) is 0 Å². The van der Waals surface area contributed by atoms with Crippen molar-refractivity contribution in [2.75, 3.05) is 20.1 Å². The van der Waals surface area contributed by atoms with Gasteiger partial charge in [-0.3, -0.25) is 4.98 Å². The van der Waals surface area contributed by atoms with E-state index in [4.69, 9.17) is 4.74 Å². The van der Waals surface area contributed by atoms with Crippen LogP contribution in [0.3, 0.4) is 0 Å². The third-order valence-electron chi connectivity index (χ3n) is 2.11. The van der Waals surface area contributed by atoms with E-state index in [1.54, 1.807) is 23.3 Å². The van der Waals surface area contributed by atoms with Gasteiger partial charge in [0, 0.05) is 37.8 Å². The number of hydrogen-bond acceptors (Lipinski definition) is 5. The van der Waals surface area contributed by atoms with Crippen LogP contribution >= 0.6 is 11.3 Å². The number of thiazole rings is 1. The van der Waals surface area contributed by atoms with Crippen LogP contribution in [0.2, 0.25) is 0 Å². The number of rotatable bonds is 5. The summed E-state index contributed by atoms with van der Waals surface area (Å²) in [6, 6.07) is 0. The monoisotopic (exact) mass is 271 g/mol. The quantitative estimate of drug-likeness (QED) is 0.833. The lowest BCUT2D eigenvalue weighted by atomic mass is 10.2. The number of carbonyl (C=O) groups excluding carboxylic acids is 1. The second-order valence-electron chi connectivity index (χ2n) is 5.05. The van der Waals surface area contributed by atoms with E-state index in [9.17, 15) is 4.79 Å². The van der Waals surface area contributed by atoms with E-state index >= 15 is 0 Å². The Balaban J connectivity index is 2.16. The molecule has 0 aliphatic rings. The fraction of sp³-hybridized carbons (Fsp3) is 0.667. The lowest BCUT2D eigenvalue weighted by Gasteiger charge is -2.24. The minimum atomic E-state index is -0.443. The number of nitrogens with zero attached hydrogens (tertiary/aromatic N) is 2. The third kappa shape index (κ3) is 5.97. The van der Waals surface area contributed by atoms with Crippen LogP contribution < -0.4 is 5.32 Å². The number of likely N-dealkylation sites (N-methyl/N-ethyl adjacent to an activating group) is 1. The van der Waals surface area contributed by atoms with Crippen molar-refractivity contribution in [3.63, 3.8) is 0 Å². The molecular formula is C12H21N3O2S. The molecule has 0 aliphatic heterocycles. The molecular weight excluding hydrogens is 250 g/mol. The van der Waals surface area contributed by atoms with Crippen LogP contribution in [0.25, 0.3) is 0 Å². The maximum atomic E-state index is 11.6. The van der Waals surface area contributed by atoms with Gasteiger partial charge in [-0.15, -0.1) is 11.3 Å². The molecule has 102 valence electrons. The number of nitrogens with one attached hydrogen (secondary N) is 1. The molecule has 1 amide bonds. The van der Waals surface area contributed by atoms with Gasteiger partial charge in [0.2, 0.25) is 0 Å². The normalized spacial score (nSPS) is 11.3. The summed E-state index contributed by atoms with van der Waals surface area (Å²) in [5, 5.41) is 3.26. The average Bonchev–Trinajstić information content (AvgIpc) is 2.74. The first-order valence-corrected chi connectivity index (χ1v) is 6.78. The van der Waals surface area contributed by atoms with Gasteiger partial charge in [-0.2, -0.15) is 0 Å². The molecule has 6 heteroatoms. The fourth-order valence-electron chi connectivity index (χ4n) is 1.22. The summed E-state index contributed by atoms with van der Waals surface area (Å²) in [7, 11) is 1.74. The van der Waals surface area contributed by atoms with Crippen LogP contribution in [-0.2, 0) is 11.3 Å². The zero-order valence-electron chi connectivity index (χ0n) is 11.4. The van der Waals surface area contributed by atoms with Crippen molar-refractivity contribution >= 4 is 17.4 Å². The van der Waals surface area contributed by atoms with E-state index in [1.165, 1.54) is 4.88 Å². The molecule has 1 aromatic heterocycles. The largest absolute Gasteiger partial charge is 0.444 e. The van der Waals surface area contributed by atoms with Crippen LogP contribution in [0.1, 0.15) is 25.6 Å². The maximum absolute atomic E-state index is 11.6. The number of ether oxygens (including phenoxy) is 1. The summed E-state index contributed by atoms with van der Waals surface area (Å²) < 4.78 is 5.25. The van der Waals surface area contributed by atoms with Crippen LogP contribution in [-0.4, -0.2) is 41.7 Å². The smallest absolute Gasteiger partial charge is 0.410 e. The maximum Gasteiger partial charge on any atom is 0.410 e. The Bertz CT molecular complexity index is 360. The van der Waals surface area contributed by atoms with Gasteiger partial charge >= 0.3 is 6.09 Å². The van der Waals surface area contributed by atoms with E-state index in [2.05, 4.69) is 10.3 Å². The van der Waals surface area contributed by atoms with Crippen LogP contribution in [0.4, 0.5) is 4.79 Å². The summed E-state index contributed by atoms with van der Waals surface area (Å²) in [4.78, 5) is 18.4. The second-order valence-corrected chi connectivity index (χ2v) is 6.02. The highest BCUT2D eigenvalue weighted by Crippen LogP contribution is 2.08. The molecule has 0 saturated carbocycles. The molecule has 0 radical (unpaired) electrons. The summed E-state index contributed by atoms with van der Waals surface area (Å²) in [6.07, 6.45) is 1.55. The molecule has 1 rings (SSSR count). The number of hydrogen-bond donors (Lipinski definition) is 1. The van der Waals surface area contributed by atoms with E-state index in [0.717, 1.165) is 13.1 Å². The van der Waals surface area contributed by atoms with Crippen molar-refractivity contribution in [2.45, 2.75) is 32.9 Å². The highest BCUT2D eigenvalue weighted by Gasteiger charge is 2.18. The Kier molecular flexibility index (Phi) is 5.55. The fourth-order valence-corrected chi connectivity index (χ4v) is 1.78. The minimum Gasteiger partial charge on any atom is -0.444 e. The first-order chi connectivity index (χ1) is 8.38. The highest BCUT2D eigenvalue weighted by atomic mass is 32.1. The van der Waals surface area contributed by atoms with Crippen LogP contribution in [0.15, 0.2) is 11.7 Å². The Morgan fingerprint density at radius 3 is 2.83 bits per heavy atom. The lowest BCUT2D eigenvalue weighted by molar-refractivity contribution is 0.0300. The second kappa shape index (κ2) is 6.70. The van der Waals surface area contributed by atoms with Crippen molar-refractivity contribution < 1.29 is 9.53 Å². The van der Waals surface area contributed by atoms with Crippen molar-refractivity contribution in [1.82, 2.24) is 15.2 Å². The summed E-state index contributed by atoms with van der Waals surface area (Å²) in [6.45, 7) is 7.72. The van der Waals surface area contributed by atoms with Crippen molar-refractivity contribution in [2.24, 2.45) is 0 Å². The predicted octanol–water partition coefficient (Wildman–Crippen LogP) is 2.10. The van der Waals surface area contributed by atoms with E-state index in [0.29, 0.717) is 6.54 Å². The van der Waals surface area contributed by atoms with E-state index in [1.807, 2.05) is 32.5 Å². The summed E-state index contributed by atoms with van der Waals surface area (Å²) >= 11 is 1.62. The van der Waals surface area contributed by atoms with Gasteiger partial charge < -0.3 is 15.0 Å². The third-order valence-corrected chi connectivity index (χ3v) is 2.89. The summed E-state index contributed by atoms with van der Waals surface area (Å²) in [5.41, 5.74) is 1.37. The lowest BCUT2D eigenvalue weighted by Crippen LogP contribution is -2.37. The standard InChI is InChI=1S/C12H21N3O2S/c1-12(2,3)17-11(16)15(4)6-5-13-7-10-8-14-9-18-10/h8-9,13H,5-7H2,1-4H3. The molecule has 5 nitrogen and oxygen atoms in total. The molecule has 0 saturated heterocycles. The van der Waals surface area contributed by atoms with Gasteiger partial charge in [-0.1, -0.05) is 0 Å². The van der Waals surface area contributed by atoms with E-state index in [-0.39, 0.29) is 6.09 Å². The van der Waals surface area contributed by atoms with Crippen molar-refractivity contribution in [1.29, 1.82) is 0 Å². The predicted molar refractivity (Wildman–Crippen MR) is 72.7 cm³/mol. The molecule has 1 aromatic rings. The SMILES string of the molecule is CN(CCNCc1cncs1)C(=O)OC(C)(C)C. The van der Waals surface area contributed by atoms with E-state index < -0.39 is 5.60 Å². The van der Waals surface area contributed by atoms with Gasteiger partial charge in [-0.05, 0) is 20.8 Å². The first kappa shape index (κ1) is 14.9. The molecule has 0 bridgehead atoms. The Morgan fingerprint density at radius 2 is 2.28 bits per heavy atom. The van der Waals surface area contributed by atoms with Gasteiger partial charge in [0.05, 0.1) is 5.51 Å². The first-order valence-electron chi connectivity index (χ1n) is 5.90. The van der Waals surface area contributed by atoms with Gasteiger partial charge in [-0.25, -0.2) is 4.79 Å². The number of carbonyl (C=O) groups is 1. The average molecular weight is 271 g/mol. The molecule has 0 aromatic carbocycles. The van der Waals surface area contributed by atoms with Gasteiger partial charge in [0.1, 0.15) is 5.60 Å². The van der Waals surface area contributed by atoms with Gasteiger partial charge in [0.25, 0.3) is 0 Å². The van der Waals surface area contributed by atoms with Crippen molar-refractivity contribution in [3.05, 3.63) is 16.6 Å². The Morgan fingerprint density at radius 1 is 1.56 bits per heavy atom. The highest BCUT2D eigenvalue weighted by molar-refractivity contribution is 7.09. The molecule has 1 heterocycles. The topological polar surface area (TPSA) is 54.5 Å². The molecule has 1 N–H and O–H groups in total. The van der Waals surface area contributed by atoms with Crippen molar-refractivity contribution in [3.8, 4) is 0 Å². The van der Waals surface area contributed by atoms with Crippen LogP contribution in [0, 0.1) is 0 Å².